The lowest BCUT2D eigenvalue weighted by Crippen LogP contribution is -2.44. The van der Waals surface area contributed by atoms with Crippen LogP contribution in [-0.4, -0.2) is 29.9 Å². The zero-order chi connectivity index (χ0) is 14.7. The molecule has 0 saturated carbocycles. The Hall–Kier alpha value is -1.85. The van der Waals surface area contributed by atoms with Gasteiger partial charge in [0.2, 0.25) is 5.91 Å². The molecule has 1 saturated heterocycles. The lowest BCUT2D eigenvalue weighted by Gasteiger charge is -2.30. The van der Waals surface area contributed by atoms with Gasteiger partial charge in [0.1, 0.15) is 11.9 Å². The summed E-state index contributed by atoms with van der Waals surface area (Å²) >= 11 is 0. The number of nitrogens with zero attached hydrogens (tertiary/aromatic N) is 1. The number of rotatable bonds is 3. The highest BCUT2D eigenvalue weighted by molar-refractivity contribution is 5.85. The number of piperidine rings is 1. The molecule has 4 nitrogen and oxygen atoms in total. The summed E-state index contributed by atoms with van der Waals surface area (Å²) in [6.07, 6.45) is 3.12. The number of anilines is 2. The molecule has 1 aliphatic heterocycles. The summed E-state index contributed by atoms with van der Waals surface area (Å²) in [6, 6.07) is 1.24. The minimum atomic E-state index is -0.829. The average Bonchev–Trinajstić information content (AvgIpc) is 2.44. The van der Waals surface area contributed by atoms with E-state index in [9.17, 15) is 13.6 Å². The monoisotopic (exact) mass is 283 g/mol. The van der Waals surface area contributed by atoms with E-state index in [1.807, 2.05) is 0 Å². The molecule has 1 heterocycles. The van der Waals surface area contributed by atoms with Crippen molar-refractivity contribution in [1.29, 1.82) is 0 Å². The van der Waals surface area contributed by atoms with E-state index in [-0.39, 0.29) is 17.3 Å². The van der Waals surface area contributed by atoms with E-state index in [2.05, 4.69) is 5.32 Å². The molecule has 0 spiro atoms. The van der Waals surface area contributed by atoms with Crippen LogP contribution in [0.4, 0.5) is 20.2 Å². The number of hydrogen-bond acceptors (Lipinski definition) is 3. The van der Waals surface area contributed by atoms with E-state index in [0.29, 0.717) is 0 Å². The van der Waals surface area contributed by atoms with Gasteiger partial charge in [0.15, 0.2) is 5.82 Å². The molecule has 1 unspecified atom stereocenters. The maximum Gasteiger partial charge on any atom is 0.244 e. The molecule has 6 heteroatoms. The first-order valence-electron chi connectivity index (χ1n) is 6.79. The van der Waals surface area contributed by atoms with Crippen LogP contribution in [0, 0.1) is 11.6 Å². The van der Waals surface area contributed by atoms with Gasteiger partial charge in [-0.2, -0.15) is 0 Å². The Morgan fingerprint density at radius 3 is 2.60 bits per heavy atom. The number of carbonyl (C=O) groups excluding carboxylic acids is 1. The number of likely N-dealkylation sites (tertiary alicyclic amines) is 1. The van der Waals surface area contributed by atoms with E-state index < -0.39 is 17.7 Å². The first-order chi connectivity index (χ1) is 9.49. The Morgan fingerprint density at radius 2 is 1.95 bits per heavy atom. The third-order valence-electron chi connectivity index (χ3n) is 3.50. The Balaban J connectivity index is 2.07. The Morgan fingerprint density at radius 1 is 1.30 bits per heavy atom. The van der Waals surface area contributed by atoms with Gasteiger partial charge in [-0.05, 0) is 32.3 Å². The second kappa shape index (κ2) is 6.07. The summed E-state index contributed by atoms with van der Waals surface area (Å²) < 4.78 is 26.5. The van der Waals surface area contributed by atoms with E-state index in [1.165, 1.54) is 0 Å². The van der Waals surface area contributed by atoms with Crippen LogP contribution in [0.1, 0.15) is 26.2 Å². The molecule has 1 amide bonds. The maximum absolute atomic E-state index is 13.3. The van der Waals surface area contributed by atoms with Gasteiger partial charge in [0.05, 0.1) is 11.4 Å². The van der Waals surface area contributed by atoms with Crippen molar-refractivity contribution in [2.75, 3.05) is 24.1 Å². The van der Waals surface area contributed by atoms with Gasteiger partial charge in [-0.15, -0.1) is 0 Å². The number of carbonyl (C=O) groups is 1. The number of nitrogens with two attached hydrogens (primary N) is 1. The molecule has 1 fully saturated rings. The molecular formula is C14H19F2N3O. The standard InChI is InChI=1S/C14H19F2N3O/c1-9(14(20)19-5-3-2-4-6-19)18-12-8-10(15)7-11(16)13(12)17/h7-9,18H,2-6,17H2,1H3. The Labute approximate surface area is 116 Å². The third kappa shape index (κ3) is 3.18. The van der Waals surface area contributed by atoms with Crippen LogP contribution in [0.5, 0.6) is 0 Å². The first-order valence-corrected chi connectivity index (χ1v) is 6.79. The van der Waals surface area contributed by atoms with Crippen LogP contribution >= 0.6 is 0 Å². The highest BCUT2D eigenvalue weighted by Gasteiger charge is 2.23. The highest BCUT2D eigenvalue weighted by Crippen LogP contribution is 2.24. The van der Waals surface area contributed by atoms with Crippen molar-refractivity contribution >= 4 is 17.3 Å². The van der Waals surface area contributed by atoms with Crippen molar-refractivity contribution in [3.05, 3.63) is 23.8 Å². The molecule has 1 aromatic rings. The van der Waals surface area contributed by atoms with Gasteiger partial charge < -0.3 is 16.0 Å². The number of hydrogen-bond donors (Lipinski definition) is 2. The molecular weight excluding hydrogens is 264 g/mol. The fourth-order valence-electron chi connectivity index (χ4n) is 2.39. The smallest absolute Gasteiger partial charge is 0.244 e. The van der Waals surface area contributed by atoms with Gasteiger partial charge >= 0.3 is 0 Å². The molecule has 1 aromatic carbocycles. The second-order valence-electron chi connectivity index (χ2n) is 5.10. The Bertz CT molecular complexity index is 501. The van der Waals surface area contributed by atoms with Gasteiger partial charge in [0, 0.05) is 19.2 Å². The lowest BCUT2D eigenvalue weighted by molar-refractivity contribution is -0.132. The van der Waals surface area contributed by atoms with E-state index in [4.69, 9.17) is 5.73 Å². The van der Waals surface area contributed by atoms with Crippen molar-refractivity contribution in [1.82, 2.24) is 4.90 Å². The minimum absolute atomic E-state index is 0.0752. The molecule has 110 valence electrons. The quantitative estimate of drug-likeness (QED) is 0.837. The topological polar surface area (TPSA) is 58.4 Å². The molecule has 0 bridgehead atoms. The van der Waals surface area contributed by atoms with Crippen molar-refractivity contribution in [2.45, 2.75) is 32.2 Å². The fourth-order valence-corrected chi connectivity index (χ4v) is 2.39. The summed E-state index contributed by atoms with van der Waals surface area (Å²) in [4.78, 5) is 14.0. The van der Waals surface area contributed by atoms with Crippen molar-refractivity contribution in [3.8, 4) is 0 Å². The largest absolute Gasteiger partial charge is 0.395 e. The summed E-state index contributed by atoms with van der Waals surface area (Å²) in [6.45, 7) is 3.13. The number of halogens is 2. The summed E-state index contributed by atoms with van der Waals surface area (Å²) in [5.74, 6) is -1.63. The molecule has 0 radical (unpaired) electrons. The van der Waals surface area contributed by atoms with Crippen molar-refractivity contribution in [2.24, 2.45) is 0 Å². The summed E-state index contributed by atoms with van der Waals surface area (Å²) in [5, 5.41) is 2.79. The van der Waals surface area contributed by atoms with Crippen molar-refractivity contribution in [3.63, 3.8) is 0 Å². The first kappa shape index (κ1) is 14.6. The zero-order valence-electron chi connectivity index (χ0n) is 11.5. The van der Waals surface area contributed by atoms with Crippen LogP contribution in [0.2, 0.25) is 0 Å². The molecule has 1 aliphatic rings. The van der Waals surface area contributed by atoms with Crippen LogP contribution < -0.4 is 11.1 Å². The minimum Gasteiger partial charge on any atom is -0.395 e. The van der Waals surface area contributed by atoms with E-state index in [1.54, 1.807) is 11.8 Å². The van der Waals surface area contributed by atoms with Crippen LogP contribution in [0.3, 0.4) is 0 Å². The third-order valence-corrected chi connectivity index (χ3v) is 3.50. The zero-order valence-corrected chi connectivity index (χ0v) is 11.5. The molecule has 0 aromatic heterocycles. The lowest BCUT2D eigenvalue weighted by atomic mass is 10.1. The second-order valence-corrected chi connectivity index (χ2v) is 5.10. The van der Waals surface area contributed by atoms with Crippen LogP contribution in [0.25, 0.3) is 0 Å². The molecule has 0 aliphatic carbocycles. The number of nitrogens with one attached hydrogen (secondary N) is 1. The van der Waals surface area contributed by atoms with Gasteiger partial charge in [-0.3, -0.25) is 4.79 Å². The number of nitrogen functional groups attached to an aromatic ring is 1. The fraction of sp³-hybridized carbons (Fsp3) is 0.500. The van der Waals surface area contributed by atoms with E-state index in [0.717, 1.165) is 44.5 Å². The molecule has 1 atom stereocenters. The normalized spacial score (nSPS) is 16.9. The predicted molar refractivity (Wildman–Crippen MR) is 74.3 cm³/mol. The van der Waals surface area contributed by atoms with Crippen molar-refractivity contribution < 1.29 is 13.6 Å². The van der Waals surface area contributed by atoms with Gasteiger partial charge in [0.25, 0.3) is 0 Å². The van der Waals surface area contributed by atoms with Gasteiger partial charge in [-0.25, -0.2) is 8.78 Å². The number of benzene rings is 1. The Kier molecular flexibility index (Phi) is 4.42. The molecule has 2 rings (SSSR count). The molecule has 3 N–H and O–H groups in total. The molecule has 20 heavy (non-hydrogen) atoms. The highest BCUT2D eigenvalue weighted by atomic mass is 19.1. The summed E-state index contributed by atoms with van der Waals surface area (Å²) in [5.41, 5.74) is 5.48. The van der Waals surface area contributed by atoms with Gasteiger partial charge in [-0.1, -0.05) is 0 Å². The predicted octanol–water partition coefficient (Wildman–Crippen LogP) is 2.36. The van der Waals surface area contributed by atoms with Crippen LogP contribution in [-0.2, 0) is 4.79 Å². The number of amides is 1. The maximum atomic E-state index is 13.3. The van der Waals surface area contributed by atoms with Crippen LogP contribution in [0.15, 0.2) is 12.1 Å². The average molecular weight is 283 g/mol. The van der Waals surface area contributed by atoms with E-state index >= 15 is 0 Å². The summed E-state index contributed by atoms with van der Waals surface area (Å²) in [7, 11) is 0. The SMILES string of the molecule is CC(Nc1cc(F)cc(F)c1N)C(=O)N1CCCCC1.